The van der Waals surface area contributed by atoms with E-state index >= 15 is 0 Å². The molecule has 5 heteroatoms. The maximum atomic E-state index is 11.4. The van der Waals surface area contributed by atoms with Crippen molar-refractivity contribution in [1.82, 2.24) is 0 Å². The summed E-state index contributed by atoms with van der Waals surface area (Å²) in [7, 11) is 0. The first-order valence-corrected chi connectivity index (χ1v) is 7.39. The van der Waals surface area contributed by atoms with Crippen LogP contribution in [0.1, 0.15) is 5.56 Å². The molecule has 1 aliphatic rings. The molecule has 0 fully saturated rings. The molecule has 0 bridgehead atoms. The standard InChI is InChI=1S/C16H10ClNO2S/c17-11-7-5-10(6-8-11)13-9-15(16(19)20)21-14-4-2-1-3-12(14)18-13/h1-9H,(H,19,20). The highest BCUT2D eigenvalue weighted by molar-refractivity contribution is 8.04. The molecule has 2 aromatic carbocycles. The molecule has 0 unspecified atom stereocenters. The Balaban J connectivity index is 2.15. The van der Waals surface area contributed by atoms with Crippen LogP contribution in [0.25, 0.3) is 0 Å². The summed E-state index contributed by atoms with van der Waals surface area (Å²) in [5, 5.41) is 9.96. The number of aliphatic imine (C=N–C) groups is 1. The number of benzene rings is 2. The average molecular weight is 316 g/mol. The lowest BCUT2D eigenvalue weighted by molar-refractivity contribution is -0.131. The third kappa shape index (κ3) is 3.01. The minimum Gasteiger partial charge on any atom is -0.477 e. The lowest BCUT2D eigenvalue weighted by atomic mass is 10.1. The normalized spacial score (nSPS) is 13.8. The smallest absolute Gasteiger partial charge is 0.342 e. The lowest BCUT2D eigenvalue weighted by Gasteiger charge is -2.02. The van der Waals surface area contributed by atoms with E-state index in [0.717, 1.165) is 16.1 Å². The number of hydrogen-bond acceptors (Lipinski definition) is 3. The van der Waals surface area contributed by atoms with Crippen molar-refractivity contribution < 1.29 is 9.90 Å². The van der Waals surface area contributed by atoms with Crippen molar-refractivity contribution in [2.75, 3.05) is 0 Å². The Bertz CT molecular complexity index is 766. The van der Waals surface area contributed by atoms with Gasteiger partial charge in [-0.1, -0.05) is 47.6 Å². The molecule has 1 aliphatic heterocycles. The van der Waals surface area contributed by atoms with E-state index < -0.39 is 5.97 Å². The first-order chi connectivity index (χ1) is 10.1. The van der Waals surface area contributed by atoms with Crippen LogP contribution in [0.15, 0.2) is 69.4 Å². The molecular weight excluding hydrogens is 306 g/mol. The molecule has 1 heterocycles. The molecule has 0 radical (unpaired) electrons. The van der Waals surface area contributed by atoms with E-state index in [0.29, 0.717) is 10.7 Å². The molecule has 0 spiro atoms. The van der Waals surface area contributed by atoms with Crippen LogP contribution in [0.4, 0.5) is 5.69 Å². The quantitative estimate of drug-likeness (QED) is 0.885. The largest absolute Gasteiger partial charge is 0.477 e. The number of nitrogens with zero attached hydrogens (tertiary/aromatic N) is 1. The molecule has 0 saturated carbocycles. The van der Waals surface area contributed by atoms with Crippen molar-refractivity contribution in [2.45, 2.75) is 4.90 Å². The first-order valence-electron chi connectivity index (χ1n) is 6.20. The molecule has 2 aromatic rings. The van der Waals surface area contributed by atoms with Crippen LogP contribution < -0.4 is 0 Å². The van der Waals surface area contributed by atoms with Gasteiger partial charge in [0, 0.05) is 15.5 Å². The summed E-state index contributed by atoms with van der Waals surface area (Å²) in [5.74, 6) is -0.960. The fourth-order valence-electron chi connectivity index (χ4n) is 1.94. The SMILES string of the molecule is O=C(O)C1=CC(c2ccc(Cl)cc2)=Nc2ccccc2S1. The molecule has 0 aliphatic carbocycles. The Kier molecular flexibility index (Phi) is 3.82. The van der Waals surface area contributed by atoms with Gasteiger partial charge in [0.2, 0.25) is 0 Å². The van der Waals surface area contributed by atoms with Gasteiger partial charge in [-0.2, -0.15) is 0 Å². The molecular formula is C16H10ClNO2S. The number of halogens is 1. The summed E-state index contributed by atoms with van der Waals surface area (Å²) < 4.78 is 0. The van der Waals surface area contributed by atoms with E-state index in [2.05, 4.69) is 4.99 Å². The topological polar surface area (TPSA) is 49.7 Å². The van der Waals surface area contributed by atoms with Crippen molar-refractivity contribution in [1.29, 1.82) is 0 Å². The summed E-state index contributed by atoms with van der Waals surface area (Å²) in [6, 6.07) is 14.7. The number of hydrogen-bond donors (Lipinski definition) is 1. The Labute approximate surface area is 131 Å². The van der Waals surface area contributed by atoms with Crippen molar-refractivity contribution in [3.63, 3.8) is 0 Å². The molecule has 3 rings (SSSR count). The molecule has 1 N–H and O–H groups in total. The second kappa shape index (κ2) is 5.76. The van der Waals surface area contributed by atoms with Crippen LogP contribution in [-0.2, 0) is 4.79 Å². The minimum absolute atomic E-state index is 0.244. The van der Waals surface area contributed by atoms with Crippen LogP contribution in [-0.4, -0.2) is 16.8 Å². The van der Waals surface area contributed by atoms with Gasteiger partial charge in [0.25, 0.3) is 0 Å². The monoisotopic (exact) mass is 315 g/mol. The molecule has 21 heavy (non-hydrogen) atoms. The van der Waals surface area contributed by atoms with E-state index in [-0.39, 0.29) is 4.91 Å². The molecule has 0 saturated heterocycles. The van der Waals surface area contributed by atoms with Gasteiger partial charge in [0.05, 0.1) is 16.3 Å². The van der Waals surface area contributed by atoms with Crippen LogP contribution in [0.5, 0.6) is 0 Å². The third-order valence-corrected chi connectivity index (χ3v) is 4.27. The number of fused-ring (bicyclic) bond motifs is 1. The summed E-state index contributed by atoms with van der Waals surface area (Å²) >= 11 is 7.10. The van der Waals surface area contributed by atoms with Gasteiger partial charge in [-0.05, 0) is 30.3 Å². The second-order valence-corrected chi connectivity index (χ2v) is 5.91. The van der Waals surface area contributed by atoms with Crippen LogP contribution in [0.3, 0.4) is 0 Å². The summed E-state index contributed by atoms with van der Waals surface area (Å²) in [6.45, 7) is 0. The number of thioether (sulfide) groups is 1. The summed E-state index contributed by atoms with van der Waals surface area (Å²) in [6.07, 6.45) is 1.59. The number of carboxylic acid groups (broad SMARTS) is 1. The Morgan fingerprint density at radius 2 is 1.81 bits per heavy atom. The third-order valence-electron chi connectivity index (χ3n) is 2.94. The number of carboxylic acids is 1. The highest BCUT2D eigenvalue weighted by Crippen LogP contribution is 2.37. The predicted octanol–water partition coefficient (Wildman–Crippen LogP) is 4.54. The van der Waals surface area contributed by atoms with E-state index in [1.807, 2.05) is 36.4 Å². The highest BCUT2D eigenvalue weighted by atomic mass is 35.5. The molecule has 0 aromatic heterocycles. The second-order valence-electron chi connectivity index (χ2n) is 4.39. The van der Waals surface area contributed by atoms with E-state index in [9.17, 15) is 9.90 Å². The van der Waals surface area contributed by atoms with Crippen molar-refractivity contribution in [2.24, 2.45) is 4.99 Å². The van der Waals surface area contributed by atoms with Gasteiger partial charge in [0.15, 0.2) is 0 Å². The number of carbonyl (C=O) groups is 1. The number of allylic oxidation sites excluding steroid dienone is 1. The lowest BCUT2D eigenvalue weighted by Crippen LogP contribution is -2.01. The predicted molar refractivity (Wildman–Crippen MR) is 85.7 cm³/mol. The van der Waals surface area contributed by atoms with Gasteiger partial charge in [-0.3, -0.25) is 0 Å². The molecule has 0 atom stereocenters. The van der Waals surface area contributed by atoms with Crippen LogP contribution in [0.2, 0.25) is 5.02 Å². The van der Waals surface area contributed by atoms with Crippen molar-refractivity contribution in [3.05, 3.63) is 70.1 Å². The fourth-order valence-corrected chi connectivity index (χ4v) is 2.93. The molecule has 3 nitrogen and oxygen atoms in total. The minimum atomic E-state index is -0.960. The van der Waals surface area contributed by atoms with Gasteiger partial charge in [-0.25, -0.2) is 9.79 Å². The van der Waals surface area contributed by atoms with Crippen LogP contribution >= 0.6 is 23.4 Å². The van der Waals surface area contributed by atoms with Crippen molar-refractivity contribution >= 4 is 40.7 Å². The fraction of sp³-hybridized carbons (Fsp3) is 0. The zero-order valence-corrected chi connectivity index (χ0v) is 12.4. The highest BCUT2D eigenvalue weighted by Gasteiger charge is 2.17. The number of rotatable bonds is 2. The zero-order chi connectivity index (χ0) is 14.8. The Hall–Kier alpha value is -2.04. The maximum Gasteiger partial charge on any atom is 0.342 e. The average Bonchev–Trinajstić information content (AvgIpc) is 2.67. The van der Waals surface area contributed by atoms with Gasteiger partial charge < -0.3 is 5.11 Å². The van der Waals surface area contributed by atoms with E-state index in [4.69, 9.17) is 11.6 Å². The molecule has 0 amide bonds. The van der Waals surface area contributed by atoms with Gasteiger partial charge in [0.1, 0.15) is 0 Å². The number of aliphatic carboxylic acids is 1. The van der Waals surface area contributed by atoms with Crippen LogP contribution in [0, 0.1) is 0 Å². The van der Waals surface area contributed by atoms with E-state index in [1.165, 1.54) is 11.8 Å². The van der Waals surface area contributed by atoms with Crippen molar-refractivity contribution in [3.8, 4) is 0 Å². The van der Waals surface area contributed by atoms with Gasteiger partial charge in [-0.15, -0.1) is 0 Å². The maximum absolute atomic E-state index is 11.4. The zero-order valence-electron chi connectivity index (χ0n) is 10.8. The van der Waals surface area contributed by atoms with E-state index in [1.54, 1.807) is 18.2 Å². The first kappa shape index (κ1) is 13.9. The summed E-state index contributed by atoms with van der Waals surface area (Å²) in [4.78, 5) is 17.0. The molecule has 104 valence electrons. The summed E-state index contributed by atoms with van der Waals surface area (Å²) in [5.41, 5.74) is 2.21. The Morgan fingerprint density at radius 3 is 2.52 bits per heavy atom. The van der Waals surface area contributed by atoms with Gasteiger partial charge >= 0.3 is 5.97 Å². The Morgan fingerprint density at radius 1 is 1.10 bits per heavy atom. The number of para-hydroxylation sites is 1.